The van der Waals surface area contributed by atoms with Gasteiger partial charge in [-0.05, 0) is 64.6 Å². The number of hydrogen-bond donors (Lipinski definition) is 1. The molecule has 8 rings (SSSR count). The van der Waals surface area contributed by atoms with E-state index >= 15 is 0 Å². The maximum Gasteiger partial charge on any atom is 0.0508 e. The van der Waals surface area contributed by atoms with Gasteiger partial charge in [0.05, 0.1) is 11.4 Å². The quantitative estimate of drug-likeness (QED) is 0.259. The number of benzene rings is 4. The highest BCUT2D eigenvalue weighted by atomic mass is 15.2. The Balaban J connectivity index is 1.42. The summed E-state index contributed by atoms with van der Waals surface area (Å²) in [6.07, 6.45) is 12.4. The van der Waals surface area contributed by atoms with Crippen molar-refractivity contribution in [2.75, 3.05) is 4.90 Å². The third-order valence-electron chi connectivity index (χ3n) is 8.90. The molecule has 2 heteroatoms. The summed E-state index contributed by atoms with van der Waals surface area (Å²) >= 11 is 0. The number of nitrogens with zero attached hydrogens (tertiary/aromatic N) is 1. The van der Waals surface area contributed by atoms with Crippen molar-refractivity contribution in [1.29, 1.82) is 0 Å². The Morgan fingerprint density at radius 2 is 1.62 bits per heavy atom. The molecule has 5 aromatic rings. The number of para-hydroxylation sites is 2. The Bertz CT molecular complexity index is 1970. The van der Waals surface area contributed by atoms with Gasteiger partial charge < -0.3 is 9.88 Å². The van der Waals surface area contributed by atoms with Gasteiger partial charge in [-0.15, -0.1) is 0 Å². The average Bonchev–Trinajstić information content (AvgIpc) is 3.37. The molecular formula is C37H30N2. The lowest BCUT2D eigenvalue weighted by atomic mass is 9.73. The van der Waals surface area contributed by atoms with Crippen LogP contribution in [-0.4, -0.2) is 4.98 Å². The number of aromatic nitrogens is 1. The van der Waals surface area contributed by atoms with Crippen molar-refractivity contribution in [2.45, 2.75) is 25.7 Å². The molecule has 3 aliphatic rings. The lowest BCUT2D eigenvalue weighted by Crippen LogP contribution is -2.31. The van der Waals surface area contributed by atoms with Gasteiger partial charge in [-0.25, -0.2) is 0 Å². The number of aromatic amines is 1. The van der Waals surface area contributed by atoms with E-state index in [2.05, 4.69) is 145 Å². The normalized spacial score (nSPS) is 18.3. The highest BCUT2D eigenvalue weighted by Gasteiger charge is 2.37. The number of rotatable bonds is 2. The summed E-state index contributed by atoms with van der Waals surface area (Å²) < 4.78 is 0. The van der Waals surface area contributed by atoms with Crippen LogP contribution in [0.25, 0.3) is 33.7 Å². The third-order valence-corrected chi connectivity index (χ3v) is 8.90. The number of fused-ring (bicyclic) bond motifs is 6. The summed E-state index contributed by atoms with van der Waals surface area (Å²) in [6, 6.07) is 33.4. The summed E-state index contributed by atoms with van der Waals surface area (Å²) in [5.74, 6) is 0.448. The lowest BCUT2D eigenvalue weighted by molar-refractivity contribution is 0.632. The fraction of sp³-hybridized carbons (Fsp3) is 0.135. The number of hydrogen-bond acceptors (Lipinski definition) is 1. The highest BCUT2D eigenvalue weighted by Crippen LogP contribution is 2.52. The molecule has 0 radical (unpaired) electrons. The van der Waals surface area contributed by atoms with Gasteiger partial charge in [0.15, 0.2) is 0 Å². The second kappa shape index (κ2) is 8.22. The van der Waals surface area contributed by atoms with Crippen LogP contribution in [0.5, 0.6) is 0 Å². The maximum atomic E-state index is 3.74. The Morgan fingerprint density at radius 3 is 2.51 bits per heavy atom. The van der Waals surface area contributed by atoms with Crippen molar-refractivity contribution >= 4 is 39.6 Å². The molecule has 1 aromatic heterocycles. The molecule has 1 unspecified atom stereocenters. The number of allylic oxidation sites excluding steroid dienone is 4. The molecule has 1 atom stereocenters. The van der Waals surface area contributed by atoms with E-state index in [1.165, 1.54) is 66.4 Å². The molecule has 1 N–H and O–H groups in total. The monoisotopic (exact) mass is 502 g/mol. The van der Waals surface area contributed by atoms with Crippen LogP contribution in [-0.2, 0) is 5.41 Å². The first-order chi connectivity index (χ1) is 19.1. The Morgan fingerprint density at radius 1 is 0.795 bits per heavy atom. The Hall–Kier alpha value is -4.56. The predicted octanol–water partition coefficient (Wildman–Crippen LogP) is 8.02. The van der Waals surface area contributed by atoms with Crippen molar-refractivity contribution in [1.82, 2.24) is 4.98 Å². The summed E-state index contributed by atoms with van der Waals surface area (Å²) in [7, 11) is 0. The molecule has 2 nitrogen and oxygen atoms in total. The van der Waals surface area contributed by atoms with Crippen molar-refractivity contribution in [3.05, 3.63) is 137 Å². The molecule has 188 valence electrons. The van der Waals surface area contributed by atoms with E-state index in [0.717, 1.165) is 6.42 Å². The predicted molar refractivity (Wildman–Crippen MR) is 164 cm³/mol. The van der Waals surface area contributed by atoms with Gasteiger partial charge in [0.2, 0.25) is 0 Å². The van der Waals surface area contributed by atoms with Gasteiger partial charge in [-0.3, -0.25) is 0 Å². The molecular weight excluding hydrogens is 472 g/mol. The van der Waals surface area contributed by atoms with Crippen LogP contribution < -0.4 is 15.5 Å². The largest absolute Gasteiger partial charge is 0.355 e. The first kappa shape index (κ1) is 22.4. The molecule has 39 heavy (non-hydrogen) atoms. The van der Waals surface area contributed by atoms with Crippen molar-refractivity contribution in [3.8, 4) is 11.1 Å². The molecule has 2 heterocycles. The van der Waals surface area contributed by atoms with Crippen LogP contribution in [0, 0.1) is 5.92 Å². The SMILES string of the molecule is CC1(C)c2ccccc2N(c2ccccc2)c2cc(-c3cccc4[nH]c5c(c34)=C3C=CC=CC3CC=5)ccc21. The summed E-state index contributed by atoms with van der Waals surface area (Å²) in [5.41, 5.74) is 11.4. The minimum atomic E-state index is -0.105. The van der Waals surface area contributed by atoms with E-state index in [1.54, 1.807) is 0 Å². The molecule has 4 aromatic carbocycles. The summed E-state index contributed by atoms with van der Waals surface area (Å²) in [6.45, 7) is 4.71. The van der Waals surface area contributed by atoms with Gasteiger partial charge in [-0.1, -0.05) is 105 Å². The first-order valence-electron chi connectivity index (χ1n) is 13.9. The Labute approximate surface area is 228 Å². The van der Waals surface area contributed by atoms with Gasteiger partial charge in [0.25, 0.3) is 0 Å². The van der Waals surface area contributed by atoms with Crippen LogP contribution in [0.4, 0.5) is 17.1 Å². The van der Waals surface area contributed by atoms with Crippen LogP contribution in [0.15, 0.2) is 115 Å². The molecule has 0 saturated heterocycles. The van der Waals surface area contributed by atoms with E-state index in [1.807, 2.05) is 0 Å². The van der Waals surface area contributed by atoms with Crippen LogP contribution in [0.2, 0.25) is 0 Å². The molecule has 0 amide bonds. The first-order valence-corrected chi connectivity index (χ1v) is 13.9. The lowest BCUT2D eigenvalue weighted by Gasteiger charge is -2.42. The molecule has 1 aliphatic heterocycles. The van der Waals surface area contributed by atoms with E-state index in [-0.39, 0.29) is 5.41 Å². The fourth-order valence-corrected chi connectivity index (χ4v) is 7.01. The zero-order valence-corrected chi connectivity index (χ0v) is 22.3. The molecule has 0 fully saturated rings. The van der Waals surface area contributed by atoms with Gasteiger partial charge in [0.1, 0.15) is 0 Å². The van der Waals surface area contributed by atoms with E-state index in [0.29, 0.717) is 5.92 Å². The number of H-pyrrole nitrogens is 1. The van der Waals surface area contributed by atoms with Gasteiger partial charge in [0, 0.05) is 38.5 Å². The van der Waals surface area contributed by atoms with E-state index in [4.69, 9.17) is 0 Å². The standard InChI is InChI=1S/C37H30N2/c1-37(2)29-16-8-9-18-33(29)39(26-12-4-3-5-13-26)34-23-25(19-21-30(34)37)28-15-10-17-31-36(28)35-27-14-7-6-11-24(27)20-22-32(35)38-31/h3-19,21-24,38H,20H2,1-2H3. The zero-order valence-electron chi connectivity index (χ0n) is 22.3. The Kier molecular flexibility index (Phi) is 4.73. The van der Waals surface area contributed by atoms with Crippen LogP contribution in [0.3, 0.4) is 0 Å². The number of nitrogens with one attached hydrogen (secondary N) is 1. The fourth-order valence-electron chi connectivity index (χ4n) is 7.01. The van der Waals surface area contributed by atoms with E-state index in [9.17, 15) is 0 Å². The summed E-state index contributed by atoms with van der Waals surface area (Å²) in [5, 5.41) is 3.94. The molecule has 0 spiro atoms. The van der Waals surface area contributed by atoms with Gasteiger partial charge in [-0.2, -0.15) is 0 Å². The summed E-state index contributed by atoms with van der Waals surface area (Å²) in [4.78, 5) is 6.18. The van der Waals surface area contributed by atoms with Crippen molar-refractivity contribution < 1.29 is 0 Å². The second-order valence-corrected chi connectivity index (χ2v) is 11.4. The zero-order chi connectivity index (χ0) is 26.1. The minimum Gasteiger partial charge on any atom is -0.355 e. The second-order valence-electron chi connectivity index (χ2n) is 11.4. The smallest absolute Gasteiger partial charge is 0.0508 e. The minimum absolute atomic E-state index is 0.105. The molecule has 0 saturated carbocycles. The highest BCUT2D eigenvalue weighted by molar-refractivity contribution is 5.99. The van der Waals surface area contributed by atoms with Crippen molar-refractivity contribution in [3.63, 3.8) is 0 Å². The topological polar surface area (TPSA) is 19.0 Å². The average molecular weight is 503 g/mol. The third kappa shape index (κ3) is 3.21. The van der Waals surface area contributed by atoms with Crippen LogP contribution >= 0.6 is 0 Å². The van der Waals surface area contributed by atoms with Gasteiger partial charge >= 0.3 is 0 Å². The van der Waals surface area contributed by atoms with Crippen LogP contribution in [0.1, 0.15) is 31.4 Å². The van der Waals surface area contributed by atoms with Crippen molar-refractivity contribution in [2.24, 2.45) is 5.92 Å². The molecule has 0 bridgehead atoms. The maximum absolute atomic E-state index is 3.74. The van der Waals surface area contributed by atoms with E-state index < -0.39 is 0 Å². The number of anilines is 3. The molecule has 2 aliphatic carbocycles.